The Hall–Kier alpha value is -4.31. The summed E-state index contributed by atoms with van der Waals surface area (Å²) >= 11 is 1.41. The molecule has 5 rings (SSSR count). The molecule has 12 heteroatoms. The minimum Gasteiger partial charge on any atom is -0.444 e. The van der Waals surface area contributed by atoms with Crippen molar-refractivity contribution in [1.29, 1.82) is 5.26 Å². The van der Waals surface area contributed by atoms with Gasteiger partial charge in [0.15, 0.2) is 0 Å². The Bertz CT molecular complexity index is 1820. The van der Waals surface area contributed by atoms with Gasteiger partial charge in [0.1, 0.15) is 10.6 Å². The number of hydrogen-bond donors (Lipinski definition) is 2. The minimum absolute atomic E-state index is 0.00284. The summed E-state index contributed by atoms with van der Waals surface area (Å²) in [5, 5.41) is 12.8. The number of sulfonamides is 1. The molecule has 4 aromatic rings. The Kier molecular flexibility index (Phi) is 9.53. The number of nitrogens with one attached hydrogen (secondary N) is 2. The van der Waals surface area contributed by atoms with Crippen LogP contribution in [-0.4, -0.2) is 49.0 Å². The van der Waals surface area contributed by atoms with Crippen LogP contribution in [0.15, 0.2) is 77.7 Å². The molecule has 0 radical (unpaired) electrons. The zero-order chi connectivity index (χ0) is 32.2. The Morgan fingerprint density at radius 3 is 2.51 bits per heavy atom. The van der Waals surface area contributed by atoms with Gasteiger partial charge in [0.25, 0.3) is 0 Å². The molecule has 1 saturated heterocycles. The number of nitrogens with zero attached hydrogens (tertiary/aromatic N) is 3. The molecule has 45 heavy (non-hydrogen) atoms. The van der Waals surface area contributed by atoms with E-state index in [1.807, 2.05) is 51.1 Å². The van der Waals surface area contributed by atoms with Gasteiger partial charge in [0.2, 0.25) is 15.9 Å². The molecule has 0 spiro atoms. The van der Waals surface area contributed by atoms with Crippen LogP contribution in [0.5, 0.6) is 0 Å². The van der Waals surface area contributed by atoms with E-state index in [4.69, 9.17) is 9.72 Å². The van der Waals surface area contributed by atoms with Crippen LogP contribution in [0.2, 0.25) is 0 Å². The van der Waals surface area contributed by atoms with Crippen LogP contribution < -0.4 is 10.0 Å². The van der Waals surface area contributed by atoms with Crippen molar-refractivity contribution in [3.8, 4) is 6.07 Å². The summed E-state index contributed by atoms with van der Waals surface area (Å²) in [6, 6.07) is 22.2. The maximum absolute atomic E-state index is 13.7. The molecule has 2 N–H and O–H groups in total. The highest BCUT2D eigenvalue weighted by molar-refractivity contribution is 7.89. The quantitative estimate of drug-likeness (QED) is 0.239. The van der Waals surface area contributed by atoms with Gasteiger partial charge >= 0.3 is 6.09 Å². The van der Waals surface area contributed by atoms with Crippen molar-refractivity contribution in [2.45, 2.75) is 56.6 Å². The molecule has 2 amide bonds. The highest BCUT2D eigenvalue weighted by atomic mass is 32.2. The predicted octanol–water partition coefficient (Wildman–Crippen LogP) is 6.02. The summed E-state index contributed by atoms with van der Waals surface area (Å²) in [5.41, 5.74) is 1.81. The van der Waals surface area contributed by atoms with Crippen LogP contribution in [0.3, 0.4) is 0 Å². The van der Waals surface area contributed by atoms with Crippen LogP contribution >= 0.6 is 11.3 Å². The number of carbonyl (C=O) groups is 2. The van der Waals surface area contributed by atoms with Crippen molar-refractivity contribution < 1.29 is 22.7 Å². The molecule has 1 aliphatic heterocycles. The maximum atomic E-state index is 13.7. The number of nitriles is 1. The second-order valence-electron chi connectivity index (χ2n) is 12.0. The molecular weight excluding hydrogens is 611 g/mol. The predicted molar refractivity (Wildman–Crippen MR) is 173 cm³/mol. The average molecular weight is 646 g/mol. The molecule has 0 aliphatic carbocycles. The number of ether oxygens (including phenoxy) is 1. The number of amides is 2. The first-order valence-corrected chi connectivity index (χ1v) is 17.0. The Morgan fingerprint density at radius 1 is 1.07 bits per heavy atom. The number of fused-ring (bicyclic) bond motifs is 1. The third-order valence-electron chi connectivity index (χ3n) is 7.33. The molecule has 1 unspecified atom stereocenters. The van der Waals surface area contributed by atoms with Crippen molar-refractivity contribution in [3.05, 3.63) is 88.9 Å². The van der Waals surface area contributed by atoms with E-state index in [9.17, 15) is 23.3 Å². The highest BCUT2D eigenvalue weighted by Gasteiger charge is 2.30. The van der Waals surface area contributed by atoms with Crippen LogP contribution in [0.4, 0.5) is 10.5 Å². The van der Waals surface area contributed by atoms with Gasteiger partial charge in [-0.1, -0.05) is 30.3 Å². The zero-order valence-electron chi connectivity index (χ0n) is 25.3. The monoisotopic (exact) mass is 645 g/mol. The number of aromatic nitrogens is 1. The van der Waals surface area contributed by atoms with Gasteiger partial charge in [0, 0.05) is 24.7 Å². The van der Waals surface area contributed by atoms with Gasteiger partial charge in [-0.15, -0.1) is 11.3 Å². The van der Waals surface area contributed by atoms with E-state index >= 15 is 0 Å². The molecule has 10 nitrogen and oxygen atoms in total. The highest BCUT2D eigenvalue weighted by Crippen LogP contribution is 2.30. The molecule has 1 aliphatic rings. The lowest BCUT2D eigenvalue weighted by Crippen LogP contribution is -2.43. The third kappa shape index (κ3) is 8.25. The van der Waals surface area contributed by atoms with Crippen molar-refractivity contribution >= 4 is 49.3 Å². The SMILES string of the molecule is CC(C)(C)OC(=O)N1CCC(C(=O)Nc2cccc(S(=O)(=O)NC(Cc3cccc(C#N)c3)c3nc4ccccc4s3)c2)CC1. The fourth-order valence-electron chi connectivity index (χ4n) is 5.11. The molecule has 3 aromatic carbocycles. The Balaban J connectivity index is 1.30. The number of hydrogen-bond acceptors (Lipinski definition) is 8. The van der Waals surface area contributed by atoms with E-state index in [1.165, 1.54) is 23.5 Å². The van der Waals surface area contributed by atoms with Crippen molar-refractivity contribution in [3.63, 3.8) is 0 Å². The number of rotatable bonds is 8. The summed E-state index contributed by atoms with van der Waals surface area (Å²) in [6.07, 6.45) is 0.837. The maximum Gasteiger partial charge on any atom is 0.410 e. The van der Waals surface area contributed by atoms with E-state index in [0.717, 1.165) is 15.8 Å². The van der Waals surface area contributed by atoms with Crippen LogP contribution in [0, 0.1) is 17.2 Å². The largest absolute Gasteiger partial charge is 0.444 e. The molecule has 234 valence electrons. The molecule has 1 fully saturated rings. The molecule has 0 saturated carbocycles. The second kappa shape index (κ2) is 13.4. The van der Waals surface area contributed by atoms with Crippen molar-refractivity contribution in [2.75, 3.05) is 18.4 Å². The number of carbonyl (C=O) groups excluding carboxylic acids is 2. The third-order valence-corrected chi connectivity index (χ3v) is 9.95. The van der Waals surface area contributed by atoms with Crippen molar-refractivity contribution in [1.82, 2.24) is 14.6 Å². The fraction of sp³-hybridized carbons (Fsp3) is 0.333. The van der Waals surface area contributed by atoms with Gasteiger partial charge in [-0.2, -0.15) is 5.26 Å². The van der Waals surface area contributed by atoms with E-state index in [0.29, 0.717) is 42.2 Å². The number of anilines is 1. The summed E-state index contributed by atoms with van der Waals surface area (Å²) in [5.74, 6) is -0.555. The number of thiazole rings is 1. The molecule has 1 atom stereocenters. The van der Waals surface area contributed by atoms with Crippen LogP contribution in [-0.2, 0) is 26.0 Å². The van der Waals surface area contributed by atoms with Gasteiger partial charge in [-0.05, 0) is 88.1 Å². The Labute approximate surface area is 267 Å². The molecular formula is C33H35N5O5S2. The van der Waals surface area contributed by atoms with Crippen molar-refractivity contribution in [2.24, 2.45) is 5.92 Å². The lowest BCUT2D eigenvalue weighted by atomic mass is 9.96. The molecule has 0 bridgehead atoms. The van der Waals surface area contributed by atoms with E-state index < -0.39 is 27.8 Å². The molecule has 2 heterocycles. The first-order valence-electron chi connectivity index (χ1n) is 14.7. The van der Waals surface area contributed by atoms with Gasteiger partial charge < -0.3 is 15.0 Å². The number of piperidine rings is 1. The normalized spacial score (nSPS) is 14.9. The minimum atomic E-state index is -4.05. The number of para-hydroxylation sites is 1. The topological polar surface area (TPSA) is 141 Å². The van der Waals surface area contributed by atoms with E-state index in [1.54, 1.807) is 35.2 Å². The standard InChI is InChI=1S/C33H35N5O5S2/c1-33(2,3)43-32(40)38-16-14-24(15-17-38)30(39)35-25-10-7-11-26(20-25)45(41,42)37-28(19-22-8-6-9-23(18-22)21-34)31-36-27-12-4-5-13-29(27)44-31/h4-13,18,20,24,28,37H,14-17,19H2,1-3H3,(H,35,39). The first kappa shape index (κ1) is 32.1. The van der Waals surface area contributed by atoms with Crippen LogP contribution in [0.25, 0.3) is 10.2 Å². The van der Waals surface area contributed by atoms with E-state index in [-0.39, 0.29) is 23.1 Å². The lowest BCUT2D eigenvalue weighted by Gasteiger charge is -2.32. The summed E-state index contributed by atoms with van der Waals surface area (Å²) in [7, 11) is -4.05. The first-order chi connectivity index (χ1) is 21.4. The second-order valence-corrected chi connectivity index (χ2v) is 14.7. The number of benzene rings is 3. The van der Waals surface area contributed by atoms with Gasteiger partial charge in [-0.3, -0.25) is 4.79 Å². The number of likely N-dealkylation sites (tertiary alicyclic amines) is 1. The summed E-state index contributed by atoms with van der Waals surface area (Å²) in [6.45, 7) is 6.23. The zero-order valence-corrected chi connectivity index (χ0v) is 27.0. The average Bonchev–Trinajstić information content (AvgIpc) is 3.45. The summed E-state index contributed by atoms with van der Waals surface area (Å²) < 4.78 is 36.7. The smallest absolute Gasteiger partial charge is 0.410 e. The molecule has 1 aromatic heterocycles. The van der Waals surface area contributed by atoms with Gasteiger partial charge in [0.05, 0.1) is 32.8 Å². The van der Waals surface area contributed by atoms with E-state index in [2.05, 4.69) is 16.1 Å². The summed E-state index contributed by atoms with van der Waals surface area (Å²) in [4.78, 5) is 31.8. The van der Waals surface area contributed by atoms with Crippen LogP contribution in [0.1, 0.15) is 55.8 Å². The fourth-order valence-corrected chi connectivity index (χ4v) is 7.45. The van der Waals surface area contributed by atoms with Gasteiger partial charge in [-0.25, -0.2) is 22.9 Å². The lowest BCUT2D eigenvalue weighted by molar-refractivity contribution is -0.121. The Morgan fingerprint density at radius 2 is 1.80 bits per heavy atom.